The highest BCUT2D eigenvalue weighted by Crippen LogP contribution is 2.40. The Morgan fingerprint density at radius 3 is 1.78 bits per heavy atom. The number of benzene rings is 2. The van der Waals surface area contributed by atoms with Crippen LogP contribution in [0.4, 0.5) is 42.8 Å². The maximum atomic E-state index is 14.4. The molecule has 2 aromatic carbocycles. The van der Waals surface area contributed by atoms with Crippen LogP contribution in [0, 0.1) is 18.8 Å². The number of anilines is 2. The summed E-state index contributed by atoms with van der Waals surface area (Å²) in [6.45, 7) is 1.06. The number of hydrogen-bond acceptors (Lipinski definition) is 8. The van der Waals surface area contributed by atoms with Crippen molar-refractivity contribution in [3.63, 3.8) is 0 Å². The van der Waals surface area contributed by atoms with E-state index in [2.05, 4.69) is 9.97 Å². The number of carbonyl (C=O) groups excluding carboxylic acids is 1. The largest absolute Gasteiger partial charge is 0.488 e. The molecule has 0 spiro atoms. The van der Waals surface area contributed by atoms with Crippen molar-refractivity contribution in [1.29, 1.82) is 0 Å². The van der Waals surface area contributed by atoms with E-state index in [0.29, 0.717) is 43.0 Å². The summed E-state index contributed by atoms with van der Waals surface area (Å²) in [7, 11) is 0. The van der Waals surface area contributed by atoms with Gasteiger partial charge in [0.2, 0.25) is 0 Å². The van der Waals surface area contributed by atoms with E-state index in [9.17, 15) is 31.1 Å². The SMILES string of the molecule is Fc1c(I)ccc2c1OCCn1cc(N3C(=S)OC[C@H]3C(F)F)nc1-2.O=C1SC[C@@H](C(F)F)N1c1cn2c(n1)-c1ccc(I)c(F)c1OCC2. The number of halogens is 8. The highest BCUT2D eigenvalue weighted by Gasteiger charge is 2.42. The summed E-state index contributed by atoms with van der Waals surface area (Å²) in [5.74, 6) is 0.554. The van der Waals surface area contributed by atoms with Gasteiger partial charge in [-0.2, -0.15) is 0 Å². The number of ether oxygens (including phenoxy) is 3. The zero-order valence-electron chi connectivity index (χ0n) is 25.2. The molecule has 4 aliphatic rings. The van der Waals surface area contributed by atoms with E-state index in [1.54, 1.807) is 45.8 Å². The Kier molecular flexibility index (Phi) is 10.1. The Morgan fingerprint density at radius 1 is 0.780 bits per heavy atom. The van der Waals surface area contributed by atoms with Crippen LogP contribution in [0.25, 0.3) is 22.8 Å². The Balaban J connectivity index is 0.000000157. The van der Waals surface area contributed by atoms with Crippen LogP contribution in [0.1, 0.15) is 0 Å². The second kappa shape index (κ2) is 14.2. The van der Waals surface area contributed by atoms with Crippen molar-refractivity contribution in [3.8, 4) is 34.3 Å². The van der Waals surface area contributed by atoms with Crippen LogP contribution >= 0.6 is 69.2 Å². The summed E-state index contributed by atoms with van der Waals surface area (Å²) < 4.78 is 102. The lowest BCUT2D eigenvalue weighted by molar-refractivity contribution is 0.106. The second-order valence-corrected chi connectivity index (χ2v) is 14.7. The predicted octanol–water partition coefficient (Wildman–Crippen LogP) is 7.43. The van der Waals surface area contributed by atoms with Gasteiger partial charge in [-0.3, -0.25) is 14.6 Å². The Labute approximate surface area is 316 Å². The van der Waals surface area contributed by atoms with Crippen molar-refractivity contribution in [1.82, 2.24) is 19.1 Å². The van der Waals surface area contributed by atoms with Crippen LogP contribution in [-0.4, -0.2) is 80.0 Å². The first-order valence-electron chi connectivity index (χ1n) is 14.8. The summed E-state index contributed by atoms with van der Waals surface area (Å²) in [6, 6.07) is 4.21. The molecule has 4 aliphatic heterocycles. The zero-order chi connectivity index (χ0) is 35.4. The lowest BCUT2D eigenvalue weighted by atomic mass is 10.2. The van der Waals surface area contributed by atoms with Gasteiger partial charge in [0.1, 0.15) is 43.6 Å². The number of thioether (sulfide) groups is 1. The summed E-state index contributed by atoms with van der Waals surface area (Å²) >= 11 is 9.64. The number of nitrogens with zero attached hydrogens (tertiary/aromatic N) is 6. The molecule has 10 nitrogen and oxygen atoms in total. The van der Waals surface area contributed by atoms with E-state index in [-0.39, 0.29) is 53.9 Å². The van der Waals surface area contributed by atoms with Gasteiger partial charge in [-0.25, -0.2) is 36.3 Å². The minimum Gasteiger partial charge on any atom is -0.488 e. The minimum absolute atomic E-state index is 0.0191. The topological polar surface area (TPSA) is 86.9 Å². The fourth-order valence-electron chi connectivity index (χ4n) is 5.77. The summed E-state index contributed by atoms with van der Waals surface area (Å²) in [5, 5.41) is -0.493. The normalized spacial score (nSPS) is 19.5. The smallest absolute Gasteiger partial charge is 0.287 e. The third-order valence-corrected chi connectivity index (χ3v) is 11.1. The fraction of sp³-hybridized carbons (Fsp3) is 0.333. The van der Waals surface area contributed by atoms with Crippen molar-refractivity contribution in [2.45, 2.75) is 38.0 Å². The number of aromatic nitrogens is 4. The number of fused-ring (bicyclic) bond motifs is 6. The first-order chi connectivity index (χ1) is 23.9. The summed E-state index contributed by atoms with van der Waals surface area (Å²) in [6.07, 6.45) is -2.13. The van der Waals surface area contributed by atoms with E-state index < -0.39 is 41.8 Å². The first kappa shape index (κ1) is 35.4. The van der Waals surface area contributed by atoms with Crippen LogP contribution < -0.4 is 19.3 Å². The Morgan fingerprint density at radius 2 is 1.28 bits per heavy atom. The van der Waals surface area contributed by atoms with Crippen LogP contribution in [0.2, 0.25) is 0 Å². The molecule has 1 amide bonds. The van der Waals surface area contributed by atoms with Gasteiger partial charge < -0.3 is 23.3 Å². The molecule has 0 bridgehead atoms. The van der Waals surface area contributed by atoms with E-state index in [1.807, 2.05) is 45.2 Å². The minimum atomic E-state index is -2.66. The van der Waals surface area contributed by atoms with Gasteiger partial charge in [-0.1, -0.05) is 11.8 Å². The Hall–Kier alpha value is -2.99. The van der Waals surface area contributed by atoms with Crippen molar-refractivity contribution >= 4 is 91.2 Å². The molecule has 0 aliphatic carbocycles. The standard InChI is InChI=1S/2C15H11F3IN3O2S/c16-11-8(19)2-1-7-12(11)24-4-3-21-5-10(20-14(7)21)22-9(13(17)18)6-25-15(22)23;16-11-8(19)2-1-7-12(11)23-4-3-21-5-10(20-14(7)21)22-9(13(17)18)6-24-15(22)25/h2*1-2,5,9,13H,3-4,6H2/t2*9-/m00/s1. The molecule has 0 saturated carbocycles. The summed E-state index contributed by atoms with van der Waals surface area (Å²) in [5.41, 5.74) is 0.913. The van der Waals surface area contributed by atoms with Crippen molar-refractivity contribution < 1.29 is 45.3 Å². The molecule has 0 N–H and O–H groups in total. The van der Waals surface area contributed by atoms with Crippen LogP contribution in [-0.2, 0) is 17.8 Å². The molecular weight excluding hydrogens is 940 g/mol. The monoisotopic (exact) mass is 962 g/mol. The number of thiocarbonyl (C=S) groups is 1. The molecule has 20 heteroatoms. The lowest BCUT2D eigenvalue weighted by Crippen LogP contribution is -2.38. The van der Waals surface area contributed by atoms with Gasteiger partial charge in [0.15, 0.2) is 34.8 Å². The zero-order valence-corrected chi connectivity index (χ0v) is 31.1. The number of amides is 1. The fourth-order valence-corrected chi connectivity index (χ4v) is 7.89. The van der Waals surface area contributed by atoms with Gasteiger partial charge in [0.25, 0.3) is 23.3 Å². The molecule has 6 heterocycles. The van der Waals surface area contributed by atoms with Gasteiger partial charge in [0, 0.05) is 18.1 Å². The van der Waals surface area contributed by atoms with E-state index >= 15 is 0 Å². The number of hydrogen-bond donors (Lipinski definition) is 0. The highest BCUT2D eigenvalue weighted by atomic mass is 127. The van der Waals surface area contributed by atoms with Gasteiger partial charge >= 0.3 is 0 Å². The molecule has 2 aromatic heterocycles. The third-order valence-electron chi connectivity index (χ3n) is 8.15. The molecule has 264 valence electrons. The molecule has 2 saturated heterocycles. The van der Waals surface area contributed by atoms with Crippen LogP contribution in [0.3, 0.4) is 0 Å². The number of carbonyl (C=O) groups is 1. The molecular formula is C30H22F6I2N6O4S2. The quantitative estimate of drug-likeness (QED) is 0.118. The van der Waals surface area contributed by atoms with Crippen molar-refractivity contribution in [2.75, 3.05) is 35.4 Å². The number of rotatable bonds is 4. The third kappa shape index (κ3) is 6.37. The molecule has 50 heavy (non-hydrogen) atoms. The average molecular weight is 962 g/mol. The number of imidazole rings is 2. The molecule has 0 unspecified atom stereocenters. The van der Waals surface area contributed by atoms with Crippen molar-refractivity contribution in [2.24, 2.45) is 0 Å². The van der Waals surface area contributed by atoms with E-state index in [4.69, 9.17) is 26.4 Å². The lowest BCUT2D eigenvalue weighted by Gasteiger charge is -2.20. The molecule has 4 aromatic rings. The van der Waals surface area contributed by atoms with Crippen LogP contribution in [0.5, 0.6) is 11.5 Å². The molecule has 2 atom stereocenters. The van der Waals surface area contributed by atoms with Crippen molar-refractivity contribution in [3.05, 3.63) is 55.4 Å². The predicted molar refractivity (Wildman–Crippen MR) is 193 cm³/mol. The van der Waals surface area contributed by atoms with Gasteiger partial charge in [-0.05, 0) is 81.7 Å². The van der Waals surface area contributed by atoms with E-state index in [1.165, 1.54) is 4.90 Å². The van der Waals surface area contributed by atoms with Crippen LogP contribution in [0.15, 0.2) is 36.7 Å². The van der Waals surface area contributed by atoms with Gasteiger partial charge in [0.05, 0.1) is 31.4 Å². The maximum Gasteiger partial charge on any atom is 0.287 e. The molecule has 0 radical (unpaired) electrons. The average Bonchev–Trinajstić information content (AvgIpc) is 3.83. The number of alkyl halides is 4. The van der Waals surface area contributed by atoms with Gasteiger partial charge in [-0.15, -0.1) is 0 Å². The second-order valence-electron chi connectivity index (χ2n) is 11.1. The highest BCUT2D eigenvalue weighted by molar-refractivity contribution is 14.1. The first-order valence-corrected chi connectivity index (χ1v) is 18.3. The molecule has 8 rings (SSSR count). The summed E-state index contributed by atoms with van der Waals surface area (Å²) in [4.78, 5) is 23.1. The van der Waals surface area contributed by atoms with E-state index in [0.717, 1.165) is 16.7 Å². The molecule has 2 fully saturated rings. The maximum absolute atomic E-state index is 14.4. The Bertz CT molecular complexity index is 1860.